The van der Waals surface area contributed by atoms with Crippen molar-refractivity contribution >= 4 is 46.7 Å². The number of nitrogens with zero attached hydrogens (tertiary/aromatic N) is 1. The van der Waals surface area contributed by atoms with E-state index in [-0.39, 0.29) is 42.7 Å². The van der Waals surface area contributed by atoms with Gasteiger partial charge < -0.3 is 9.62 Å². The van der Waals surface area contributed by atoms with Crippen molar-refractivity contribution in [1.29, 1.82) is 0 Å². The van der Waals surface area contributed by atoms with Crippen molar-refractivity contribution in [3.63, 3.8) is 0 Å². The zero-order valence-electron chi connectivity index (χ0n) is 18.9. The van der Waals surface area contributed by atoms with Crippen LogP contribution in [0.15, 0.2) is 24.3 Å². The Balaban J connectivity index is 2.04. The lowest BCUT2D eigenvalue weighted by molar-refractivity contribution is -0.138. The van der Waals surface area contributed by atoms with Crippen LogP contribution in [0.2, 0.25) is 10.0 Å². The fourth-order valence-electron chi connectivity index (χ4n) is 3.95. The lowest BCUT2D eigenvalue weighted by atomic mass is 9.82. The fourth-order valence-corrected chi connectivity index (χ4v) is 5.83. The number of carbonyl (C=O) groups excluding carboxylic acids is 1. The number of hydrogen-bond donors (Lipinski definition) is 1. The van der Waals surface area contributed by atoms with Crippen molar-refractivity contribution in [2.75, 3.05) is 10.8 Å². The smallest absolute Gasteiger partial charge is 0.352 e. The van der Waals surface area contributed by atoms with Gasteiger partial charge in [0, 0.05) is 30.8 Å². The van der Waals surface area contributed by atoms with Crippen molar-refractivity contribution in [3.8, 4) is 0 Å². The predicted octanol–water partition coefficient (Wildman–Crippen LogP) is 7.82. The molecule has 2 aromatic carbocycles. The van der Waals surface area contributed by atoms with Gasteiger partial charge in [0.1, 0.15) is 16.5 Å². The van der Waals surface area contributed by atoms with Crippen molar-refractivity contribution in [1.82, 2.24) is 5.32 Å². The molecular weight excluding hydrogens is 537 g/mol. The van der Waals surface area contributed by atoms with Crippen LogP contribution in [0.3, 0.4) is 0 Å². The summed E-state index contributed by atoms with van der Waals surface area (Å²) in [6.45, 7) is 3.74. The van der Waals surface area contributed by atoms with Crippen molar-refractivity contribution in [3.05, 3.63) is 62.6 Å². The Morgan fingerprint density at radius 1 is 1.14 bits per heavy atom. The molecular formula is C23H22Cl2F6N2OS. The zero-order valence-corrected chi connectivity index (χ0v) is 21.3. The maximum atomic E-state index is 15.6. The molecule has 0 spiro atoms. The molecule has 1 aliphatic heterocycles. The summed E-state index contributed by atoms with van der Waals surface area (Å²) in [6.07, 6.45) is -4.61. The van der Waals surface area contributed by atoms with Gasteiger partial charge in [-0.15, -0.1) is 0 Å². The molecule has 1 saturated heterocycles. The molecule has 3 rings (SSSR count). The summed E-state index contributed by atoms with van der Waals surface area (Å²) in [5.74, 6) is -2.75. The number of carbonyl (C=O) groups is 1. The summed E-state index contributed by atoms with van der Waals surface area (Å²) in [4.78, 5) is 11.5. The van der Waals surface area contributed by atoms with Crippen molar-refractivity contribution < 1.29 is 31.1 Å². The van der Waals surface area contributed by atoms with Gasteiger partial charge in [-0.2, -0.15) is 13.2 Å². The van der Waals surface area contributed by atoms with Gasteiger partial charge in [0.15, 0.2) is 5.82 Å². The van der Waals surface area contributed by atoms with Gasteiger partial charge in [0.05, 0.1) is 15.3 Å². The zero-order chi connectivity index (χ0) is 26.3. The number of hydrogen-bond acceptors (Lipinski definition) is 3. The maximum absolute atomic E-state index is 15.6. The second kappa shape index (κ2) is 9.94. The third-order valence-electron chi connectivity index (χ3n) is 5.91. The van der Waals surface area contributed by atoms with E-state index in [4.69, 9.17) is 23.2 Å². The molecule has 1 atom stereocenters. The monoisotopic (exact) mass is 558 g/mol. The number of alkyl halides is 4. The Bertz CT molecular complexity index is 1140. The van der Waals surface area contributed by atoms with Gasteiger partial charge in [-0.25, -0.2) is 13.2 Å². The van der Waals surface area contributed by atoms with Crippen LogP contribution in [0.4, 0.5) is 32.0 Å². The lowest BCUT2D eigenvalue weighted by Crippen LogP contribution is -2.40. The summed E-state index contributed by atoms with van der Waals surface area (Å²) in [5, 5.41) is 1.05. The molecule has 1 aliphatic rings. The molecule has 1 amide bonds. The Hall–Kier alpha value is -1.78. The Morgan fingerprint density at radius 3 is 2.37 bits per heavy atom. The maximum Gasteiger partial charge on any atom is 0.416 e. The van der Waals surface area contributed by atoms with Crippen LogP contribution in [0.5, 0.6) is 0 Å². The SMILES string of the molecule is CCC(=O)NCc1ccc(N2CCC(c3cc(Cl)c(F)c(Cl)c3F)(C(C)(C)F)S2)cc1C(F)(F)F. The van der Waals surface area contributed by atoms with E-state index in [9.17, 15) is 22.4 Å². The van der Waals surface area contributed by atoms with Gasteiger partial charge in [0.2, 0.25) is 5.91 Å². The van der Waals surface area contributed by atoms with Crippen LogP contribution in [-0.2, 0) is 22.3 Å². The summed E-state index contributed by atoms with van der Waals surface area (Å²) >= 11 is 12.4. The van der Waals surface area contributed by atoms with E-state index < -0.39 is 49.7 Å². The Kier molecular flexibility index (Phi) is 7.89. The van der Waals surface area contributed by atoms with Gasteiger partial charge in [-0.1, -0.05) is 36.2 Å². The highest BCUT2D eigenvalue weighted by atomic mass is 35.5. The molecule has 12 heteroatoms. The van der Waals surface area contributed by atoms with E-state index in [0.29, 0.717) is 0 Å². The Morgan fingerprint density at radius 2 is 1.80 bits per heavy atom. The number of rotatable bonds is 6. The van der Waals surface area contributed by atoms with E-state index in [0.717, 1.165) is 24.1 Å². The molecule has 35 heavy (non-hydrogen) atoms. The van der Waals surface area contributed by atoms with E-state index in [1.54, 1.807) is 6.92 Å². The minimum absolute atomic E-state index is 0.0218. The van der Waals surface area contributed by atoms with Crippen molar-refractivity contribution in [2.24, 2.45) is 0 Å². The summed E-state index contributed by atoms with van der Waals surface area (Å²) in [5.41, 5.74) is -3.35. The number of anilines is 1. The van der Waals surface area contributed by atoms with Crippen LogP contribution >= 0.6 is 35.1 Å². The van der Waals surface area contributed by atoms with Crippen LogP contribution in [0.1, 0.15) is 50.3 Å². The second-order valence-electron chi connectivity index (χ2n) is 8.56. The number of nitrogens with one attached hydrogen (secondary N) is 1. The highest BCUT2D eigenvalue weighted by Gasteiger charge is 2.55. The first-order valence-electron chi connectivity index (χ1n) is 10.6. The first-order valence-corrected chi connectivity index (χ1v) is 12.1. The highest BCUT2D eigenvalue weighted by molar-refractivity contribution is 8.01. The number of benzene rings is 2. The second-order valence-corrected chi connectivity index (χ2v) is 10.7. The minimum atomic E-state index is -4.72. The predicted molar refractivity (Wildman–Crippen MR) is 126 cm³/mol. The third kappa shape index (κ3) is 5.34. The molecule has 0 aromatic heterocycles. The molecule has 1 heterocycles. The normalized spacial score (nSPS) is 18.8. The van der Waals surface area contributed by atoms with E-state index in [1.165, 1.54) is 30.3 Å². The standard InChI is InChI=1S/C23H22Cl2F6N2OS/c1-4-17(34)32-11-12-5-6-13(9-14(12)23(29,30)31)33-8-7-22(35-33,21(2,3)28)15-10-16(24)20(27)18(25)19(15)26/h5-6,9-10H,4,7-8,11H2,1-3H3,(H,32,34). The topological polar surface area (TPSA) is 32.3 Å². The van der Waals surface area contributed by atoms with Gasteiger partial charge in [-0.3, -0.25) is 4.79 Å². The van der Waals surface area contributed by atoms with Gasteiger partial charge in [-0.05, 0) is 56.0 Å². The molecule has 2 aromatic rings. The molecule has 0 aliphatic carbocycles. The lowest BCUT2D eigenvalue weighted by Gasteiger charge is -2.38. The average molecular weight is 559 g/mol. The molecule has 3 nitrogen and oxygen atoms in total. The molecule has 0 radical (unpaired) electrons. The molecule has 1 fully saturated rings. The molecule has 1 N–H and O–H groups in total. The fraction of sp³-hybridized carbons (Fsp3) is 0.435. The van der Waals surface area contributed by atoms with E-state index in [2.05, 4.69) is 5.32 Å². The molecule has 0 saturated carbocycles. The highest BCUT2D eigenvalue weighted by Crippen LogP contribution is 2.58. The number of amides is 1. The van der Waals surface area contributed by atoms with Crippen LogP contribution in [0.25, 0.3) is 0 Å². The largest absolute Gasteiger partial charge is 0.416 e. The Labute approximate surface area is 213 Å². The van der Waals surface area contributed by atoms with Gasteiger partial charge in [0.25, 0.3) is 0 Å². The number of halogens is 8. The van der Waals surface area contributed by atoms with Crippen molar-refractivity contribution in [2.45, 2.75) is 56.7 Å². The first kappa shape index (κ1) is 27.8. The van der Waals surface area contributed by atoms with E-state index in [1.807, 2.05) is 0 Å². The van der Waals surface area contributed by atoms with Crippen LogP contribution in [0, 0.1) is 11.6 Å². The van der Waals surface area contributed by atoms with Gasteiger partial charge >= 0.3 is 6.18 Å². The average Bonchev–Trinajstić information content (AvgIpc) is 3.24. The molecule has 192 valence electrons. The van der Waals surface area contributed by atoms with Crippen LogP contribution in [-0.4, -0.2) is 18.1 Å². The summed E-state index contributed by atoms with van der Waals surface area (Å²) in [7, 11) is 0. The minimum Gasteiger partial charge on any atom is -0.352 e. The third-order valence-corrected chi connectivity index (χ3v) is 8.36. The quantitative estimate of drug-likeness (QED) is 0.170. The van der Waals surface area contributed by atoms with Crippen LogP contribution < -0.4 is 9.62 Å². The molecule has 0 bridgehead atoms. The summed E-state index contributed by atoms with van der Waals surface area (Å²) < 4.78 is 85.8. The summed E-state index contributed by atoms with van der Waals surface area (Å²) in [6, 6.07) is 4.53. The van der Waals surface area contributed by atoms with E-state index >= 15 is 8.78 Å². The first-order chi connectivity index (χ1) is 16.1. The molecule has 1 unspecified atom stereocenters.